The molecule has 0 bridgehead atoms. The van der Waals surface area contributed by atoms with Crippen LogP contribution in [0.25, 0.3) is 0 Å². The highest BCUT2D eigenvalue weighted by atomic mass is 16.1. The molecule has 1 amide bonds. The van der Waals surface area contributed by atoms with E-state index in [0.717, 1.165) is 11.4 Å². The highest BCUT2D eigenvalue weighted by Crippen LogP contribution is 2.29. The molecule has 122 valence electrons. The van der Waals surface area contributed by atoms with E-state index in [0.29, 0.717) is 0 Å². The lowest BCUT2D eigenvalue weighted by Crippen LogP contribution is -2.23. The van der Waals surface area contributed by atoms with Crippen molar-refractivity contribution in [2.24, 2.45) is 0 Å². The third-order valence-corrected chi connectivity index (χ3v) is 3.97. The number of amides is 1. The molecule has 2 N–H and O–H groups in total. The third kappa shape index (κ3) is 4.59. The zero-order chi connectivity index (χ0) is 17.0. The molecule has 0 saturated heterocycles. The smallest absolute Gasteiger partial charge is 0.243 e. The second kappa shape index (κ2) is 6.86. The molecular weight excluding hydrogens is 284 g/mol. The Morgan fingerprint density at radius 2 is 1.70 bits per heavy atom. The summed E-state index contributed by atoms with van der Waals surface area (Å²) in [5.41, 5.74) is 5.49. The first-order valence-corrected chi connectivity index (χ1v) is 7.98. The molecule has 3 nitrogen and oxygen atoms in total. The van der Waals surface area contributed by atoms with E-state index in [9.17, 15) is 4.79 Å². The Morgan fingerprint density at radius 1 is 1.00 bits per heavy atom. The van der Waals surface area contributed by atoms with Gasteiger partial charge in [-0.1, -0.05) is 45.0 Å². The number of nitrogens with one attached hydrogen (secondary N) is 2. The second-order valence-corrected chi connectivity index (χ2v) is 7.00. The molecule has 0 atom stereocenters. The van der Waals surface area contributed by atoms with Crippen molar-refractivity contribution in [3.8, 4) is 0 Å². The molecule has 0 fully saturated rings. The van der Waals surface area contributed by atoms with E-state index in [2.05, 4.69) is 44.4 Å². The lowest BCUT2D eigenvalue weighted by atomic mass is 9.86. The number of rotatable bonds is 4. The molecule has 2 aromatic carbocycles. The number of carbonyl (C=O) groups excluding carboxylic acids is 1. The molecule has 3 heteroatoms. The SMILES string of the molecule is Cc1ccc(NC(=O)CNc2ccccc2C(C)(C)C)cc1C. The van der Waals surface area contributed by atoms with Gasteiger partial charge in [-0.2, -0.15) is 0 Å². The van der Waals surface area contributed by atoms with Crippen molar-refractivity contribution < 1.29 is 4.79 Å². The van der Waals surface area contributed by atoms with Crippen molar-refractivity contribution in [1.29, 1.82) is 0 Å². The minimum absolute atomic E-state index is 0.0359. The van der Waals surface area contributed by atoms with Crippen LogP contribution < -0.4 is 10.6 Å². The molecule has 0 saturated carbocycles. The number of carbonyl (C=O) groups is 1. The predicted molar refractivity (Wildman–Crippen MR) is 98.2 cm³/mol. The monoisotopic (exact) mass is 310 g/mol. The topological polar surface area (TPSA) is 41.1 Å². The van der Waals surface area contributed by atoms with E-state index < -0.39 is 0 Å². The number of aryl methyl sites for hydroxylation is 2. The first-order valence-electron chi connectivity index (χ1n) is 7.98. The van der Waals surface area contributed by atoms with Gasteiger partial charge in [-0.15, -0.1) is 0 Å². The average molecular weight is 310 g/mol. The van der Waals surface area contributed by atoms with Gasteiger partial charge in [0.25, 0.3) is 0 Å². The summed E-state index contributed by atoms with van der Waals surface area (Å²) in [6.45, 7) is 10.9. The normalized spacial score (nSPS) is 11.2. The third-order valence-electron chi connectivity index (χ3n) is 3.97. The van der Waals surface area contributed by atoms with Gasteiger partial charge in [-0.25, -0.2) is 0 Å². The fraction of sp³-hybridized carbons (Fsp3) is 0.350. The van der Waals surface area contributed by atoms with Crippen molar-refractivity contribution in [2.45, 2.75) is 40.0 Å². The summed E-state index contributed by atoms with van der Waals surface area (Å²) in [5, 5.41) is 6.19. The van der Waals surface area contributed by atoms with Crippen molar-refractivity contribution in [2.75, 3.05) is 17.2 Å². The van der Waals surface area contributed by atoms with Crippen molar-refractivity contribution in [3.63, 3.8) is 0 Å². The maximum Gasteiger partial charge on any atom is 0.243 e. The van der Waals surface area contributed by atoms with Crippen LogP contribution in [0.1, 0.15) is 37.5 Å². The van der Waals surface area contributed by atoms with Crippen LogP contribution in [0.2, 0.25) is 0 Å². The van der Waals surface area contributed by atoms with Crippen LogP contribution >= 0.6 is 0 Å². The summed E-state index contributed by atoms with van der Waals surface area (Å²) in [6, 6.07) is 14.1. The van der Waals surface area contributed by atoms with Gasteiger partial charge in [0.2, 0.25) is 5.91 Å². The van der Waals surface area contributed by atoms with Crippen LogP contribution in [0.3, 0.4) is 0 Å². The Hall–Kier alpha value is -2.29. The molecule has 0 aliphatic heterocycles. The zero-order valence-corrected chi connectivity index (χ0v) is 14.7. The van der Waals surface area contributed by atoms with Gasteiger partial charge in [0.1, 0.15) is 0 Å². The molecule has 0 heterocycles. The van der Waals surface area contributed by atoms with E-state index >= 15 is 0 Å². The first-order chi connectivity index (χ1) is 10.8. The lowest BCUT2D eigenvalue weighted by Gasteiger charge is -2.23. The Bertz CT molecular complexity index is 699. The van der Waals surface area contributed by atoms with E-state index in [1.807, 2.05) is 43.3 Å². The van der Waals surface area contributed by atoms with Crippen LogP contribution in [0, 0.1) is 13.8 Å². The average Bonchev–Trinajstić information content (AvgIpc) is 2.48. The van der Waals surface area contributed by atoms with Gasteiger partial charge in [0.15, 0.2) is 0 Å². The fourth-order valence-corrected chi connectivity index (χ4v) is 2.49. The molecule has 23 heavy (non-hydrogen) atoms. The summed E-state index contributed by atoms with van der Waals surface area (Å²) in [5.74, 6) is -0.0445. The van der Waals surface area contributed by atoms with Crippen molar-refractivity contribution >= 4 is 17.3 Å². The van der Waals surface area contributed by atoms with Crippen LogP contribution in [0.4, 0.5) is 11.4 Å². The lowest BCUT2D eigenvalue weighted by molar-refractivity contribution is -0.114. The van der Waals surface area contributed by atoms with Gasteiger partial charge in [0, 0.05) is 11.4 Å². The predicted octanol–water partition coefficient (Wildman–Crippen LogP) is 4.65. The van der Waals surface area contributed by atoms with Gasteiger partial charge in [-0.05, 0) is 54.2 Å². The van der Waals surface area contributed by atoms with Gasteiger partial charge < -0.3 is 10.6 Å². The quantitative estimate of drug-likeness (QED) is 0.863. The number of hydrogen-bond donors (Lipinski definition) is 2. The molecule has 0 aromatic heterocycles. The van der Waals surface area contributed by atoms with E-state index in [1.165, 1.54) is 16.7 Å². The van der Waals surface area contributed by atoms with Crippen molar-refractivity contribution in [1.82, 2.24) is 0 Å². The van der Waals surface area contributed by atoms with E-state index in [4.69, 9.17) is 0 Å². The van der Waals surface area contributed by atoms with Crippen LogP contribution in [0.15, 0.2) is 42.5 Å². The van der Waals surface area contributed by atoms with E-state index in [1.54, 1.807) is 0 Å². The Kier molecular flexibility index (Phi) is 5.09. The molecule has 0 aliphatic carbocycles. The Labute approximate surface area is 139 Å². The Balaban J connectivity index is 2.01. The van der Waals surface area contributed by atoms with Crippen LogP contribution in [-0.4, -0.2) is 12.5 Å². The second-order valence-electron chi connectivity index (χ2n) is 7.00. The maximum atomic E-state index is 12.2. The van der Waals surface area contributed by atoms with Crippen molar-refractivity contribution in [3.05, 3.63) is 59.2 Å². The minimum atomic E-state index is -0.0445. The molecule has 0 spiro atoms. The molecule has 0 radical (unpaired) electrons. The molecule has 0 aliphatic rings. The van der Waals surface area contributed by atoms with Gasteiger partial charge in [-0.3, -0.25) is 4.79 Å². The number of hydrogen-bond acceptors (Lipinski definition) is 2. The summed E-state index contributed by atoms with van der Waals surface area (Å²) < 4.78 is 0. The fourth-order valence-electron chi connectivity index (χ4n) is 2.49. The van der Waals surface area contributed by atoms with Crippen LogP contribution in [-0.2, 0) is 10.2 Å². The van der Waals surface area contributed by atoms with Gasteiger partial charge >= 0.3 is 0 Å². The standard InChI is InChI=1S/C20H26N2O/c1-14-10-11-16(12-15(14)2)22-19(23)13-21-18-9-7-6-8-17(18)20(3,4)5/h6-12,21H,13H2,1-5H3,(H,22,23). The molecule has 2 rings (SSSR count). The number of para-hydroxylation sites is 1. The van der Waals surface area contributed by atoms with Crippen LogP contribution in [0.5, 0.6) is 0 Å². The highest BCUT2D eigenvalue weighted by Gasteiger charge is 2.17. The number of anilines is 2. The largest absolute Gasteiger partial charge is 0.376 e. The first kappa shape index (κ1) is 17.1. The zero-order valence-electron chi connectivity index (χ0n) is 14.7. The minimum Gasteiger partial charge on any atom is -0.376 e. The summed E-state index contributed by atoms with van der Waals surface area (Å²) in [4.78, 5) is 12.2. The summed E-state index contributed by atoms with van der Waals surface area (Å²) in [6.07, 6.45) is 0. The number of benzene rings is 2. The van der Waals surface area contributed by atoms with E-state index in [-0.39, 0.29) is 17.9 Å². The molecule has 2 aromatic rings. The highest BCUT2D eigenvalue weighted by molar-refractivity contribution is 5.94. The molecular formula is C20H26N2O. The molecule has 0 unspecified atom stereocenters. The maximum absolute atomic E-state index is 12.2. The van der Waals surface area contributed by atoms with Gasteiger partial charge in [0.05, 0.1) is 6.54 Å². The Morgan fingerprint density at radius 3 is 2.35 bits per heavy atom. The summed E-state index contributed by atoms with van der Waals surface area (Å²) >= 11 is 0. The summed E-state index contributed by atoms with van der Waals surface area (Å²) in [7, 11) is 0.